The smallest absolute Gasteiger partial charge is 0.354 e. The second-order valence-electron chi connectivity index (χ2n) is 8.80. The molecule has 4 rings (SSSR count). The summed E-state index contributed by atoms with van der Waals surface area (Å²) >= 11 is 0. The monoisotopic (exact) mass is 466 g/mol. The lowest BCUT2D eigenvalue weighted by Gasteiger charge is -2.16. The molecule has 11 nitrogen and oxygen atoms in total. The first kappa shape index (κ1) is 22.8. The van der Waals surface area contributed by atoms with Crippen LogP contribution in [0, 0.1) is 19.7 Å². The molecule has 0 saturated carbocycles. The van der Waals surface area contributed by atoms with E-state index in [1.807, 2.05) is 20.8 Å². The SMILES string of the molecule is Cc1cc(F)c(NC(=O)Nc2cc(C(C)(C)C)no2)cc1-n1c(C)c2cnc(N)nc2nc1=O. The molecule has 0 aliphatic carbocycles. The molecule has 0 fully saturated rings. The Balaban J connectivity index is 1.68. The zero-order valence-corrected chi connectivity index (χ0v) is 19.2. The maximum atomic E-state index is 14.7. The fourth-order valence-electron chi connectivity index (χ4n) is 3.37. The summed E-state index contributed by atoms with van der Waals surface area (Å²) in [6.07, 6.45) is 1.46. The van der Waals surface area contributed by atoms with Crippen LogP contribution in [0.1, 0.15) is 37.7 Å². The summed E-state index contributed by atoms with van der Waals surface area (Å²) in [5.74, 6) is -0.575. The van der Waals surface area contributed by atoms with Crippen LogP contribution < -0.4 is 22.1 Å². The summed E-state index contributed by atoms with van der Waals surface area (Å²) in [6, 6.07) is 3.42. The van der Waals surface area contributed by atoms with Crippen LogP contribution in [0.25, 0.3) is 16.7 Å². The van der Waals surface area contributed by atoms with Crippen LogP contribution in [-0.4, -0.2) is 30.7 Å². The highest BCUT2D eigenvalue weighted by Gasteiger charge is 2.21. The van der Waals surface area contributed by atoms with Crippen LogP contribution in [-0.2, 0) is 5.41 Å². The number of fused-ring (bicyclic) bond motifs is 1. The number of nitrogens with two attached hydrogens (primary N) is 1. The van der Waals surface area contributed by atoms with Gasteiger partial charge in [0.05, 0.1) is 22.5 Å². The zero-order chi connectivity index (χ0) is 24.8. The largest absolute Gasteiger partial charge is 0.368 e. The molecule has 0 radical (unpaired) electrons. The quantitative estimate of drug-likeness (QED) is 0.415. The van der Waals surface area contributed by atoms with E-state index < -0.39 is 17.5 Å². The first-order chi connectivity index (χ1) is 15.9. The highest BCUT2D eigenvalue weighted by Crippen LogP contribution is 2.26. The number of rotatable bonds is 3. The Kier molecular flexibility index (Phi) is 5.51. The highest BCUT2D eigenvalue weighted by molar-refractivity contribution is 5.99. The number of nitrogens with zero attached hydrogens (tertiary/aromatic N) is 5. The number of amides is 2. The third kappa shape index (κ3) is 4.29. The van der Waals surface area contributed by atoms with Crippen LogP contribution in [0.2, 0.25) is 0 Å². The topological polar surface area (TPSA) is 154 Å². The van der Waals surface area contributed by atoms with Crippen molar-refractivity contribution in [2.24, 2.45) is 0 Å². The Morgan fingerprint density at radius 2 is 1.88 bits per heavy atom. The number of aryl methyl sites for hydroxylation is 2. The van der Waals surface area contributed by atoms with Gasteiger partial charge in [0.1, 0.15) is 5.82 Å². The molecule has 0 bridgehead atoms. The predicted octanol–water partition coefficient (Wildman–Crippen LogP) is 3.44. The van der Waals surface area contributed by atoms with Gasteiger partial charge >= 0.3 is 11.7 Å². The summed E-state index contributed by atoms with van der Waals surface area (Å²) in [6.45, 7) is 9.17. The van der Waals surface area contributed by atoms with E-state index >= 15 is 0 Å². The van der Waals surface area contributed by atoms with Crippen molar-refractivity contribution < 1.29 is 13.7 Å². The number of hydrogen-bond acceptors (Lipinski definition) is 8. The molecule has 3 heterocycles. The number of aromatic nitrogens is 5. The molecule has 2 amide bonds. The number of carbonyl (C=O) groups excluding carboxylic acids is 1. The first-order valence-electron chi connectivity index (χ1n) is 10.3. The molecule has 0 aliphatic rings. The van der Waals surface area contributed by atoms with Crippen LogP contribution in [0.4, 0.5) is 26.7 Å². The predicted molar refractivity (Wildman–Crippen MR) is 125 cm³/mol. The molecule has 0 atom stereocenters. The molecular weight excluding hydrogens is 443 g/mol. The van der Waals surface area contributed by atoms with Crippen LogP contribution in [0.5, 0.6) is 0 Å². The minimum absolute atomic E-state index is 0.00612. The maximum absolute atomic E-state index is 14.7. The Hall–Kier alpha value is -4.35. The lowest BCUT2D eigenvalue weighted by molar-refractivity contribution is 0.261. The summed E-state index contributed by atoms with van der Waals surface area (Å²) < 4.78 is 21.1. The van der Waals surface area contributed by atoms with Gasteiger partial charge in [0, 0.05) is 23.4 Å². The number of hydrogen-bond donors (Lipinski definition) is 3. The molecule has 0 spiro atoms. The maximum Gasteiger partial charge on any atom is 0.354 e. The molecule has 4 N–H and O–H groups in total. The number of carbonyl (C=O) groups is 1. The Labute approximate surface area is 193 Å². The minimum Gasteiger partial charge on any atom is -0.368 e. The Morgan fingerprint density at radius 3 is 2.56 bits per heavy atom. The van der Waals surface area contributed by atoms with Gasteiger partial charge < -0.3 is 15.6 Å². The minimum atomic E-state index is -0.741. The lowest BCUT2D eigenvalue weighted by Crippen LogP contribution is -2.26. The molecule has 0 unspecified atom stereocenters. The number of halogens is 1. The Bertz CT molecular complexity index is 1490. The molecule has 176 valence electrons. The molecule has 0 saturated heterocycles. The van der Waals surface area contributed by atoms with E-state index in [1.54, 1.807) is 19.9 Å². The van der Waals surface area contributed by atoms with Gasteiger partial charge in [-0.15, -0.1) is 0 Å². The fourth-order valence-corrected chi connectivity index (χ4v) is 3.37. The standard InChI is InChI=1S/C22H23FN8O3/c1-10-6-13(23)14(26-20(32)27-17-8-16(30-34-17)22(3,4)5)7-15(10)31-11(2)12-9-25-19(24)28-18(12)29-21(31)33/h6-9H,1-5H3,(H2,26,27,32)(H2,24,28,29,33). The number of anilines is 3. The zero-order valence-electron chi connectivity index (χ0n) is 19.2. The molecule has 12 heteroatoms. The van der Waals surface area contributed by atoms with Crippen molar-refractivity contribution in [2.45, 2.75) is 40.0 Å². The molecule has 3 aromatic heterocycles. The third-order valence-electron chi connectivity index (χ3n) is 5.20. The number of urea groups is 1. The van der Waals surface area contributed by atoms with E-state index in [2.05, 4.69) is 30.7 Å². The third-order valence-corrected chi connectivity index (χ3v) is 5.20. The molecule has 4 aromatic rings. The second kappa shape index (κ2) is 8.21. The van der Waals surface area contributed by atoms with Crippen LogP contribution in [0.15, 0.2) is 33.7 Å². The second-order valence-corrected chi connectivity index (χ2v) is 8.80. The van der Waals surface area contributed by atoms with E-state index in [9.17, 15) is 14.0 Å². The van der Waals surface area contributed by atoms with Gasteiger partial charge in [-0.05, 0) is 31.5 Å². The van der Waals surface area contributed by atoms with E-state index in [4.69, 9.17) is 10.3 Å². The van der Waals surface area contributed by atoms with Crippen molar-refractivity contribution in [2.75, 3.05) is 16.4 Å². The van der Waals surface area contributed by atoms with Crippen molar-refractivity contribution in [1.29, 1.82) is 0 Å². The van der Waals surface area contributed by atoms with Crippen molar-refractivity contribution in [3.63, 3.8) is 0 Å². The van der Waals surface area contributed by atoms with Gasteiger partial charge in [0.15, 0.2) is 5.65 Å². The van der Waals surface area contributed by atoms with Gasteiger partial charge in [-0.25, -0.2) is 19.0 Å². The van der Waals surface area contributed by atoms with Gasteiger partial charge in [-0.1, -0.05) is 25.9 Å². The van der Waals surface area contributed by atoms with E-state index in [1.165, 1.54) is 22.9 Å². The Morgan fingerprint density at radius 1 is 1.15 bits per heavy atom. The number of benzene rings is 1. The molecule has 1 aromatic carbocycles. The number of nitrogen functional groups attached to an aromatic ring is 1. The van der Waals surface area contributed by atoms with Gasteiger partial charge in [0.2, 0.25) is 11.8 Å². The summed E-state index contributed by atoms with van der Waals surface area (Å²) in [5, 5.41) is 9.35. The lowest BCUT2D eigenvalue weighted by atomic mass is 9.92. The van der Waals surface area contributed by atoms with Crippen molar-refractivity contribution >= 4 is 34.6 Å². The van der Waals surface area contributed by atoms with Crippen molar-refractivity contribution in [3.05, 3.63) is 57.6 Å². The van der Waals surface area contributed by atoms with Crippen LogP contribution >= 0.6 is 0 Å². The van der Waals surface area contributed by atoms with Crippen molar-refractivity contribution in [1.82, 2.24) is 24.7 Å². The first-order valence-corrected chi connectivity index (χ1v) is 10.3. The van der Waals surface area contributed by atoms with Crippen molar-refractivity contribution in [3.8, 4) is 5.69 Å². The van der Waals surface area contributed by atoms with E-state index in [-0.39, 0.29) is 28.6 Å². The van der Waals surface area contributed by atoms with Gasteiger partial charge in [-0.3, -0.25) is 9.88 Å². The highest BCUT2D eigenvalue weighted by atomic mass is 19.1. The van der Waals surface area contributed by atoms with Crippen LogP contribution in [0.3, 0.4) is 0 Å². The van der Waals surface area contributed by atoms with Gasteiger partial charge in [0.25, 0.3) is 0 Å². The summed E-state index contributed by atoms with van der Waals surface area (Å²) in [5.41, 5.74) is 6.62. The van der Waals surface area contributed by atoms with E-state index in [0.29, 0.717) is 28.0 Å². The number of nitrogens with one attached hydrogen (secondary N) is 2. The van der Waals surface area contributed by atoms with E-state index in [0.717, 1.165) is 0 Å². The fraction of sp³-hybridized carbons (Fsp3) is 0.273. The van der Waals surface area contributed by atoms with Gasteiger partial charge in [-0.2, -0.15) is 9.97 Å². The molecule has 34 heavy (non-hydrogen) atoms. The normalized spacial score (nSPS) is 11.6. The molecule has 0 aliphatic heterocycles. The molecular formula is C22H23FN8O3. The summed E-state index contributed by atoms with van der Waals surface area (Å²) in [7, 11) is 0. The average Bonchev–Trinajstić information content (AvgIpc) is 3.19. The average molecular weight is 466 g/mol. The summed E-state index contributed by atoms with van der Waals surface area (Å²) in [4.78, 5) is 37.2.